The Kier molecular flexibility index (Phi) is 5.22. The van der Waals surface area contributed by atoms with Crippen LogP contribution in [-0.4, -0.2) is 40.7 Å². The Morgan fingerprint density at radius 1 is 1.18 bits per heavy atom. The molecule has 0 radical (unpaired) electrons. The van der Waals surface area contributed by atoms with E-state index in [4.69, 9.17) is 9.47 Å². The molecule has 0 amide bonds. The van der Waals surface area contributed by atoms with E-state index < -0.39 is 0 Å². The Bertz CT molecular complexity index is 675. The van der Waals surface area contributed by atoms with E-state index in [1.54, 1.807) is 30.0 Å². The minimum Gasteiger partial charge on any atom is -0.486 e. The van der Waals surface area contributed by atoms with Gasteiger partial charge < -0.3 is 9.47 Å². The Labute approximate surface area is 140 Å². The molecule has 1 aliphatic rings. The van der Waals surface area contributed by atoms with Gasteiger partial charge >= 0.3 is 0 Å². The van der Waals surface area contributed by atoms with Crippen LogP contribution < -0.4 is 9.47 Å². The molecule has 0 saturated heterocycles. The molecule has 0 fully saturated rings. The van der Waals surface area contributed by atoms with Gasteiger partial charge in [-0.2, -0.15) is 0 Å². The maximum absolute atomic E-state index is 12.3. The minimum atomic E-state index is 0.0434. The van der Waals surface area contributed by atoms with Crippen molar-refractivity contribution in [2.45, 2.75) is 15.6 Å². The maximum Gasteiger partial charge on any atom is 0.175 e. The molecule has 2 aromatic rings. The zero-order valence-electron chi connectivity index (χ0n) is 11.9. The van der Waals surface area contributed by atoms with Crippen LogP contribution in [0.25, 0.3) is 0 Å². The molecular weight excluding hydrogens is 340 g/mol. The van der Waals surface area contributed by atoms with E-state index in [0.29, 0.717) is 36.0 Å². The quantitative estimate of drug-likeness (QED) is 0.582. The van der Waals surface area contributed by atoms with Crippen molar-refractivity contribution in [2.75, 3.05) is 24.7 Å². The molecule has 0 atom stereocenters. The molecule has 1 aromatic heterocycles. The lowest BCUT2D eigenvalue weighted by atomic mass is 10.1. The summed E-state index contributed by atoms with van der Waals surface area (Å²) >= 11 is 4.60. The first-order valence-corrected chi connectivity index (χ1v) is 9.57. The van der Waals surface area contributed by atoms with Gasteiger partial charge in [-0.3, -0.25) is 4.79 Å². The van der Waals surface area contributed by atoms with E-state index in [9.17, 15) is 4.79 Å². The van der Waals surface area contributed by atoms with Gasteiger partial charge in [0.05, 0.1) is 5.75 Å². The Balaban J connectivity index is 1.61. The van der Waals surface area contributed by atoms with Crippen molar-refractivity contribution in [1.29, 1.82) is 0 Å². The molecule has 1 aromatic carbocycles. The van der Waals surface area contributed by atoms with Crippen LogP contribution in [0.5, 0.6) is 11.5 Å². The van der Waals surface area contributed by atoms with Crippen LogP contribution in [0.15, 0.2) is 26.9 Å². The van der Waals surface area contributed by atoms with Crippen LogP contribution in [0, 0.1) is 0 Å². The van der Waals surface area contributed by atoms with E-state index in [1.807, 2.05) is 0 Å². The number of carbonyl (C=O) groups excluding carboxylic acids is 1. The maximum atomic E-state index is 12.3. The first-order valence-electron chi connectivity index (χ1n) is 6.78. The SMILES string of the molecule is CCSc1nnc(SCC(=O)c2ccc3c(c2)OCCO3)s1. The van der Waals surface area contributed by atoms with Gasteiger partial charge in [0.2, 0.25) is 0 Å². The third kappa shape index (κ3) is 3.74. The first-order chi connectivity index (χ1) is 10.8. The topological polar surface area (TPSA) is 61.3 Å². The minimum absolute atomic E-state index is 0.0434. The number of benzene rings is 1. The van der Waals surface area contributed by atoms with Gasteiger partial charge in [-0.25, -0.2) is 0 Å². The number of hydrogen-bond acceptors (Lipinski definition) is 8. The van der Waals surface area contributed by atoms with Crippen LogP contribution in [0.2, 0.25) is 0 Å². The number of hydrogen-bond donors (Lipinski definition) is 0. The van der Waals surface area contributed by atoms with E-state index in [-0.39, 0.29) is 5.78 Å². The van der Waals surface area contributed by atoms with Crippen LogP contribution in [0.3, 0.4) is 0 Å². The van der Waals surface area contributed by atoms with Crippen molar-refractivity contribution >= 4 is 40.6 Å². The van der Waals surface area contributed by atoms with Crippen molar-refractivity contribution in [1.82, 2.24) is 10.2 Å². The van der Waals surface area contributed by atoms with Gasteiger partial charge in [-0.05, 0) is 24.0 Å². The van der Waals surface area contributed by atoms with E-state index in [2.05, 4.69) is 17.1 Å². The third-order valence-electron chi connectivity index (χ3n) is 2.85. The third-order valence-corrected chi connectivity index (χ3v) is 5.92. The van der Waals surface area contributed by atoms with E-state index in [0.717, 1.165) is 14.4 Å². The normalized spacial score (nSPS) is 13.1. The van der Waals surface area contributed by atoms with Crippen LogP contribution in [0.4, 0.5) is 0 Å². The second-order valence-corrected chi connectivity index (χ2v) is 8.05. The van der Waals surface area contributed by atoms with Gasteiger partial charge in [-0.15, -0.1) is 10.2 Å². The number of ketones is 1. The van der Waals surface area contributed by atoms with Crippen LogP contribution >= 0.6 is 34.9 Å². The van der Waals surface area contributed by atoms with Crippen molar-refractivity contribution in [3.8, 4) is 11.5 Å². The number of aromatic nitrogens is 2. The number of Topliss-reactive ketones (excluding diaryl/α,β-unsaturated/α-hetero) is 1. The highest BCUT2D eigenvalue weighted by molar-refractivity contribution is 8.03. The number of ether oxygens (including phenoxy) is 2. The smallest absolute Gasteiger partial charge is 0.175 e. The van der Waals surface area contributed by atoms with Crippen molar-refractivity contribution < 1.29 is 14.3 Å². The van der Waals surface area contributed by atoms with E-state index in [1.165, 1.54) is 23.1 Å². The summed E-state index contributed by atoms with van der Waals surface area (Å²) in [4.78, 5) is 12.3. The zero-order chi connectivity index (χ0) is 15.4. The fourth-order valence-electron chi connectivity index (χ4n) is 1.86. The van der Waals surface area contributed by atoms with Crippen molar-refractivity contribution in [3.05, 3.63) is 23.8 Å². The molecule has 8 heteroatoms. The summed E-state index contributed by atoms with van der Waals surface area (Å²) in [5.41, 5.74) is 0.629. The predicted molar refractivity (Wildman–Crippen MR) is 88.8 cm³/mol. The lowest BCUT2D eigenvalue weighted by Crippen LogP contribution is -2.16. The summed E-state index contributed by atoms with van der Waals surface area (Å²) in [5, 5.41) is 8.16. The fraction of sp³-hybridized carbons (Fsp3) is 0.357. The molecule has 0 N–H and O–H groups in total. The van der Waals surface area contributed by atoms with Crippen LogP contribution in [-0.2, 0) is 0 Å². The molecule has 0 bridgehead atoms. The summed E-state index contributed by atoms with van der Waals surface area (Å²) in [6.07, 6.45) is 0. The van der Waals surface area contributed by atoms with Gasteiger partial charge in [0.25, 0.3) is 0 Å². The standard InChI is InChI=1S/C14H14N2O3S3/c1-2-20-13-15-16-14(22-13)21-8-10(17)9-3-4-11-12(7-9)19-6-5-18-11/h3-4,7H,2,5-6,8H2,1H3. The zero-order valence-corrected chi connectivity index (χ0v) is 14.4. The largest absolute Gasteiger partial charge is 0.486 e. The molecule has 116 valence electrons. The molecule has 22 heavy (non-hydrogen) atoms. The molecule has 0 spiro atoms. The molecule has 1 aliphatic heterocycles. The highest BCUT2D eigenvalue weighted by atomic mass is 32.2. The van der Waals surface area contributed by atoms with Gasteiger partial charge in [0.1, 0.15) is 13.2 Å². The van der Waals surface area contributed by atoms with Gasteiger partial charge in [0, 0.05) is 5.56 Å². The Morgan fingerprint density at radius 3 is 2.68 bits per heavy atom. The molecular formula is C14H14N2O3S3. The molecule has 2 heterocycles. The molecule has 3 rings (SSSR count). The van der Waals surface area contributed by atoms with E-state index >= 15 is 0 Å². The summed E-state index contributed by atoms with van der Waals surface area (Å²) in [7, 11) is 0. The summed E-state index contributed by atoms with van der Waals surface area (Å²) in [6.45, 7) is 3.14. The number of rotatable bonds is 6. The highest BCUT2D eigenvalue weighted by Crippen LogP contribution is 2.32. The average Bonchev–Trinajstić information content (AvgIpc) is 3.00. The number of carbonyl (C=O) groups is 1. The summed E-state index contributed by atoms with van der Waals surface area (Å²) < 4.78 is 12.7. The number of nitrogens with zero attached hydrogens (tertiary/aromatic N) is 2. The number of thioether (sulfide) groups is 2. The summed E-state index contributed by atoms with van der Waals surface area (Å²) in [6, 6.07) is 5.30. The molecule has 5 nitrogen and oxygen atoms in total. The molecule has 0 unspecified atom stereocenters. The van der Waals surface area contributed by atoms with Crippen LogP contribution in [0.1, 0.15) is 17.3 Å². The lowest BCUT2D eigenvalue weighted by Gasteiger charge is -2.18. The highest BCUT2D eigenvalue weighted by Gasteiger charge is 2.16. The second-order valence-electron chi connectivity index (χ2n) is 4.34. The van der Waals surface area contributed by atoms with Crippen molar-refractivity contribution in [3.63, 3.8) is 0 Å². The Morgan fingerprint density at radius 2 is 1.91 bits per heavy atom. The fourth-order valence-corrected chi connectivity index (χ4v) is 4.68. The van der Waals surface area contributed by atoms with Gasteiger partial charge in [0.15, 0.2) is 26.0 Å². The first kappa shape index (κ1) is 15.6. The monoisotopic (exact) mass is 354 g/mol. The molecule has 0 aliphatic carbocycles. The average molecular weight is 354 g/mol. The van der Waals surface area contributed by atoms with Gasteiger partial charge in [-0.1, -0.05) is 41.8 Å². The summed E-state index contributed by atoms with van der Waals surface area (Å²) in [5.74, 6) is 2.68. The Hall–Kier alpha value is -1.25. The second kappa shape index (κ2) is 7.34. The molecule has 0 saturated carbocycles. The van der Waals surface area contributed by atoms with Crippen molar-refractivity contribution in [2.24, 2.45) is 0 Å². The number of fused-ring (bicyclic) bond motifs is 1. The lowest BCUT2D eigenvalue weighted by molar-refractivity contribution is 0.102. The predicted octanol–water partition coefficient (Wildman–Crippen LogP) is 3.40.